The Morgan fingerprint density at radius 2 is 0.935 bits per heavy atom. The minimum Gasteiger partial charge on any atom is -0.134 e. The molecule has 0 nitrogen and oxygen atoms in total. The van der Waals surface area contributed by atoms with Gasteiger partial charge in [-0.15, -0.1) is 34.0 Å². The van der Waals surface area contributed by atoms with Gasteiger partial charge < -0.3 is 0 Å². The largest absolute Gasteiger partial charge is 0.134 e. The smallest absolute Gasteiger partial charge is 0.0713 e. The molecule has 0 saturated carbocycles. The quantitative estimate of drug-likeness (QED) is 0.130. The molecule has 31 heavy (non-hydrogen) atoms. The maximum atomic E-state index is 2.30. The summed E-state index contributed by atoms with van der Waals surface area (Å²) in [5.41, 5.74) is 0. The molecule has 0 fully saturated rings. The highest BCUT2D eigenvalue weighted by atomic mass is 33.1. The van der Waals surface area contributed by atoms with Gasteiger partial charge in [-0.1, -0.05) is 74.0 Å². The van der Waals surface area contributed by atoms with Crippen LogP contribution >= 0.6 is 77.2 Å². The summed E-state index contributed by atoms with van der Waals surface area (Å²) in [6, 6.07) is 13.8. The molecule has 0 radical (unpaired) electrons. The molecule has 3 aromatic rings. The second kappa shape index (κ2) is 15.4. The van der Waals surface area contributed by atoms with E-state index < -0.39 is 0 Å². The Bertz CT molecular complexity index is 792. The molecule has 3 heterocycles. The van der Waals surface area contributed by atoms with Crippen LogP contribution in [0.25, 0.3) is 19.5 Å². The average molecular weight is 545 g/mol. The second-order valence-corrected chi connectivity index (χ2v) is 16.0. The van der Waals surface area contributed by atoms with E-state index in [1.165, 1.54) is 90.8 Å². The summed E-state index contributed by atoms with van der Waals surface area (Å²) < 4.78 is 2.85. The first kappa shape index (κ1) is 26.1. The van der Waals surface area contributed by atoms with Gasteiger partial charge in [-0.25, -0.2) is 0 Å². The van der Waals surface area contributed by atoms with Gasteiger partial charge in [0.2, 0.25) is 0 Å². The molecule has 0 aliphatic carbocycles. The van der Waals surface area contributed by atoms with Crippen molar-refractivity contribution in [2.24, 2.45) is 0 Å². The van der Waals surface area contributed by atoms with Crippen LogP contribution in [0.15, 0.2) is 44.8 Å². The van der Waals surface area contributed by atoms with Gasteiger partial charge in [-0.3, -0.25) is 0 Å². The molecule has 0 unspecified atom stereocenters. The van der Waals surface area contributed by atoms with Crippen molar-refractivity contribution in [2.75, 3.05) is 11.5 Å². The van der Waals surface area contributed by atoms with E-state index in [1.54, 1.807) is 0 Å². The maximum Gasteiger partial charge on any atom is 0.0713 e. The van der Waals surface area contributed by atoms with Gasteiger partial charge in [0.1, 0.15) is 0 Å². The number of unbranched alkanes of at least 4 members (excludes halogenated alkanes) is 6. The molecule has 170 valence electrons. The molecule has 0 bridgehead atoms. The van der Waals surface area contributed by atoms with E-state index >= 15 is 0 Å². The lowest BCUT2D eigenvalue weighted by Crippen LogP contribution is -1.77. The third kappa shape index (κ3) is 9.34. The van der Waals surface area contributed by atoms with E-state index in [2.05, 4.69) is 50.2 Å². The lowest BCUT2D eigenvalue weighted by molar-refractivity contribution is 0.707. The molecule has 0 N–H and O–H groups in total. The third-order valence-electron chi connectivity index (χ3n) is 4.70. The highest BCUT2D eigenvalue weighted by Gasteiger charge is 2.10. The first-order chi connectivity index (χ1) is 15.3. The van der Waals surface area contributed by atoms with Gasteiger partial charge in [0.15, 0.2) is 0 Å². The zero-order valence-corrected chi connectivity index (χ0v) is 24.1. The second-order valence-electron chi connectivity index (χ2n) is 7.33. The summed E-state index contributed by atoms with van der Waals surface area (Å²) in [6.45, 7) is 4.55. The van der Waals surface area contributed by atoms with Crippen molar-refractivity contribution in [3.05, 3.63) is 36.4 Å². The zero-order chi connectivity index (χ0) is 21.7. The van der Waals surface area contributed by atoms with Crippen LogP contribution in [-0.2, 0) is 0 Å². The summed E-state index contributed by atoms with van der Waals surface area (Å²) in [5.74, 6) is 2.52. The van der Waals surface area contributed by atoms with Gasteiger partial charge in [0.25, 0.3) is 0 Å². The minimum atomic E-state index is 1.26. The summed E-state index contributed by atoms with van der Waals surface area (Å²) >= 11 is 5.80. The monoisotopic (exact) mass is 544 g/mol. The Morgan fingerprint density at radius 3 is 1.39 bits per heavy atom. The standard InChI is InChI=1S/C24H32S7/c1-3-5-7-9-17-25-30-23-15-13-21(28-23)19-11-12-20(27-19)22-14-16-24(29-22)31-26-18-10-8-6-4-2/h11-16H,3-10,17-18H2,1-2H3. The van der Waals surface area contributed by atoms with Crippen LogP contribution in [0.5, 0.6) is 0 Å². The highest BCUT2D eigenvalue weighted by Crippen LogP contribution is 2.45. The molecule has 7 heteroatoms. The maximum absolute atomic E-state index is 2.30. The van der Waals surface area contributed by atoms with Crippen LogP contribution < -0.4 is 0 Å². The lowest BCUT2D eigenvalue weighted by atomic mass is 10.2. The molecule has 0 atom stereocenters. The fourth-order valence-corrected chi connectivity index (χ4v) is 11.5. The number of hydrogen-bond acceptors (Lipinski definition) is 7. The topological polar surface area (TPSA) is 0 Å². The number of rotatable bonds is 16. The molecule has 3 aromatic heterocycles. The van der Waals surface area contributed by atoms with Crippen LogP contribution in [-0.4, -0.2) is 11.5 Å². The van der Waals surface area contributed by atoms with Crippen molar-refractivity contribution >= 4 is 77.2 Å². The van der Waals surface area contributed by atoms with Gasteiger partial charge in [-0.05, 0) is 70.8 Å². The van der Waals surface area contributed by atoms with Crippen molar-refractivity contribution in [2.45, 2.75) is 73.6 Å². The average Bonchev–Trinajstić information content (AvgIpc) is 3.53. The van der Waals surface area contributed by atoms with Crippen molar-refractivity contribution in [1.82, 2.24) is 0 Å². The molecule has 0 aliphatic heterocycles. The van der Waals surface area contributed by atoms with E-state index in [1.807, 2.05) is 77.2 Å². The first-order valence-corrected chi connectivity index (χ1v) is 18.3. The van der Waals surface area contributed by atoms with Gasteiger partial charge in [0.05, 0.1) is 8.42 Å². The van der Waals surface area contributed by atoms with Gasteiger partial charge in [0, 0.05) is 31.0 Å². The van der Waals surface area contributed by atoms with E-state index in [9.17, 15) is 0 Å². The Morgan fingerprint density at radius 1 is 0.516 bits per heavy atom. The Hall–Kier alpha value is 0.500. The van der Waals surface area contributed by atoms with Crippen molar-refractivity contribution in [3.8, 4) is 19.5 Å². The van der Waals surface area contributed by atoms with Crippen molar-refractivity contribution in [3.63, 3.8) is 0 Å². The van der Waals surface area contributed by atoms with E-state index in [0.717, 1.165) is 0 Å². The van der Waals surface area contributed by atoms with Crippen LogP contribution in [0.3, 0.4) is 0 Å². The number of thiophene rings is 3. The van der Waals surface area contributed by atoms with Crippen molar-refractivity contribution < 1.29 is 0 Å². The summed E-state index contributed by atoms with van der Waals surface area (Å²) in [5, 5.41) is 0. The van der Waals surface area contributed by atoms with Crippen LogP contribution in [0.4, 0.5) is 0 Å². The SMILES string of the molecule is CCCCCCSSc1ccc(-c2ccc(-c3ccc(SSCCCCCC)s3)s2)s1. The first-order valence-electron chi connectivity index (χ1n) is 11.2. The summed E-state index contributed by atoms with van der Waals surface area (Å²) in [6.07, 6.45) is 10.8. The van der Waals surface area contributed by atoms with Crippen molar-refractivity contribution in [1.29, 1.82) is 0 Å². The zero-order valence-electron chi connectivity index (χ0n) is 18.4. The predicted octanol–water partition coefficient (Wildman–Crippen LogP) is 11.8. The summed E-state index contributed by atoms with van der Waals surface area (Å²) in [7, 11) is 7.92. The molecule has 0 saturated heterocycles. The van der Waals surface area contributed by atoms with Crippen LogP contribution in [0, 0.1) is 0 Å². The number of hydrogen-bond donors (Lipinski definition) is 0. The molecule has 0 spiro atoms. The van der Waals surface area contributed by atoms with E-state index in [4.69, 9.17) is 0 Å². The Labute approximate surface area is 216 Å². The summed E-state index contributed by atoms with van der Waals surface area (Å²) in [4.78, 5) is 5.60. The molecule has 0 aromatic carbocycles. The minimum absolute atomic E-state index is 1.26. The Balaban J connectivity index is 1.45. The van der Waals surface area contributed by atoms with Gasteiger partial charge >= 0.3 is 0 Å². The van der Waals surface area contributed by atoms with Crippen LogP contribution in [0.2, 0.25) is 0 Å². The third-order valence-corrected chi connectivity index (χ3v) is 14.1. The molecule has 0 aliphatic rings. The fraction of sp³-hybridized carbons (Fsp3) is 0.500. The fourth-order valence-electron chi connectivity index (χ4n) is 2.97. The normalized spacial score (nSPS) is 11.4. The molecule has 3 rings (SSSR count). The molecular formula is C24H32S7. The lowest BCUT2D eigenvalue weighted by Gasteiger charge is -1.98. The van der Waals surface area contributed by atoms with E-state index in [-0.39, 0.29) is 0 Å². The predicted molar refractivity (Wildman–Crippen MR) is 156 cm³/mol. The molecule has 0 amide bonds. The Kier molecular flexibility index (Phi) is 13.0. The molecular weight excluding hydrogens is 513 g/mol. The van der Waals surface area contributed by atoms with Gasteiger partial charge in [-0.2, -0.15) is 0 Å². The van der Waals surface area contributed by atoms with Crippen LogP contribution in [0.1, 0.15) is 65.2 Å². The highest BCUT2D eigenvalue weighted by molar-refractivity contribution is 8.77. The van der Waals surface area contributed by atoms with E-state index in [0.29, 0.717) is 0 Å².